The van der Waals surface area contributed by atoms with Crippen molar-refractivity contribution in [1.29, 1.82) is 5.26 Å². The third-order valence-corrected chi connectivity index (χ3v) is 3.33. The smallest absolute Gasteiger partial charge is 0.161 e. The van der Waals surface area contributed by atoms with E-state index in [9.17, 15) is 0 Å². The van der Waals surface area contributed by atoms with Gasteiger partial charge in [-0.2, -0.15) is 5.26 Å². The molecule has 0 radical (unpaired) electrons. The van der Waals surface area contributed by atoms with Crippen molar-refractivity contribution < 1.29 is 9.47 Å². The Morgan fingerprint density at radius 2 is 1.71 bits per heavy atom. The third-order valence-electron chi connectivity index (χ3n) is 3.33. The fraction of sp³-hybridized carbons (Fsp3) is 0.167. The van der Waals surface area contributed by atoms with Crippen LogP contribution in [-0.4, -0.2) is 14.2 Å². The molecule has 0 aliphatic rings. The van der Waals surface area contributed by atoms with E-state index in [0.717, 1.165) is 22.3 Å². The Labute approximate surface area is 125 Å². The van der Waals surface area contributed by atoms with Crippen LogP contribution in [0.25, 0.3) is 5.57 Å². The second kappa shape index (κ2) is 6.62. The minimum atomic E-state index is 0.293. The van der Waals surface area contributed by atoms with Crippen LogP contribution in [-0.2, 0) is 6.42 Å². The van der Waals surface area contributed by atoms with E-state index in [1.54, 1.807) is 14.2 Å². The van der Waals surface area contributed by atoms with Crippen molar-refractivity contribution in [3.8, 4) is 17.6 Å². The van der Waals surface area contributed by atoms with Crippen molar-refractivity contribution in [2.75, 3.05) is 14.2 Å². The largest absolute Gasteiger partial charge is 0.493 e. The summed E-state index contributed by atoms with van der Waals surface area (Å²) in [6.45, 7) is 4.16. The number of methoxy groups -OCH3 is 2. The number of nitrogens with zero attached hydrogens (tertiary/aromatic N) is 1. The number of hydrogen-bond donors (Lipinski definition) is 0. The molecule has 0 fully saturated rings. The molecule has 3 heteroatoms. The molecule has 0 atom stereocenters. The van der Waals surface area contributed by atoms with E-state index < -0.39 is 0 Å². The van der Waals surface area contributed by atoms with Gasteiger partial charge in [0.25, 0.3) is 0 Å². The van der Waals surface area contributed by atoms with Gasteiger partial charge in [-0.25, -0.2) is 0 Å². The zero-order valence-electron chi connectivity index (χ0n) is 12.2. The summed E-state index contributed by atoms with van der Waals surface area (Å²) in [6, 6.07) is 15.8. The van der Waals surface area contributed by atoms with Gasteiger partial charge in [0.2, 0.25) is 0 Å². The van der Waals surface area contributed by atoms with Crippen LogP contribution in [0.1, 0.15) is 16.7 Å². The van der Waals surface area contributed by atoms with Gasteiger partial charge in [0.1, 0.15) is 0 Å². The third kappa shape index (κ3) is 3.06. The van der Waals surface area contributed by atoms with E-state index in [4.69, 9.17) is 14.7 Å². The number of rotatable bonds is 5. The van der Waals surface area contributed by atoms with Crippen molar-refractivity contribution in [2.45, 2.75) is 6.42 Å². The van der Waals surface area contributed by atoms with Crippen molar-refractivity contribution in [3.05, 3.63) is 65.7 Å². The van der Waals surface area contributed by atoms with E-state index in [2.05, 4.69) is 12.6 Å². The predicted octanol–water partition coefficient (Wildman–Crippen LogP) is 3.83. The maximum absolute atomic E-state index is 9.03. The fourth-order valence-electron chi connectivity index (χ4n) is 2.23. The second-order valence-corrected chi connectivity index (χ2v) is 4.54. The first-order valence-electron chi connectivity index (χ1n) is 6.57. The molecule has 0 aromatic heterocycles. The molecular weight excluding hydrogens is 262 g/mol. The van der Waals surface area contributed by atoms with Gasteiger partial charge < -0.3 is 9.47 Å². The minimum Gasteiger partial charge on any atom is -0.493 e. The fourth-order valence-corrected chi connectivity index (χ4v) is 2.23. The molecule has 0 heterocycles. The van der Waals surface area contributed by atoms with E-state index in [1.807, 2.05) is 42.5 Å². The standard InChI is InChI=1S/C18H17NO2/c1-13(14-7-5-4-6-8-14)16-12-18(21-3)17(20-2)11-15(16)9-10-19/h4-8,11-12H,1,9H2,2-3H3. The normalized spacial score (nSPS) is 9.76. The van der Waals surface area contributed by atoms with Crippen molar-refractivity contribution in [3.63, 3.8) is 0 Å². The lowest BCUT2D eigenvalue weighted by Crippen LogP contribution is -1.98. The van der Waals surface area contributed by atoms with Crippen LogP contribution < -0.4 is 9.47 Å². The lowest BCUT2D eigenvalue weighted by molar-refractivity contribution is 0.354. The molecule has 2 aromatic rings. The van der Waals surface area contributed by atoms with Crippen molar-refractivity contribution in [2.24, 2.45) is 0 Å². The number of hydrogen-bond acceptors (Lipinski definition) is 3. The molecule has 0 amide bonds. The monoisotopic (exact) mass is 279 g/mol. The topological polar surface area (TPSA) is 42.2 Å². The Bertz CT molecular complexity index is 684. The molecule has 2 aromatic carbocycles. The van der Waals surface area contributed by atoms with Crippen LogP contribution >= 0.6 is 0 Å². The minimum absolute atomic E-state index is 0.293. The van der Waals surface area contributed by atoms with Crippen LogP contribution in [0.15, 0.2) is 49.0 Å². The molecule has 0 spiro atoms. The van der Waals surface area contributed by atoms with Crippen LogP contribution in [0.3, 0.4) is 0 Å². The summed E-state index contributed by atoms with van der Waals surface area (Å²) in [7, 11) is 3.18. The van der Waals surface area contributed by atoms with Gasteiger partial charge in [0, 0.05) is 0 Å². The molecule has 0 saturated heterocycles. The SMILES string of the molecule is C=C(c1ccccc1)c1cc(OC)c(OC)cc1CC#N. The Morgan fingerprint density at radius 3 is 2.29 bits per heavy atom. The number of ether oxygens (including phenoxy) is 2. The molecular formula is C18H17NO2. The molecule has 106 valence electrons. The molecule has 0 bridgehead atoms. The summed E-state index contributed by atoms with van der Waals surface area (Å²) in [5, 5.41) is 9.03. The highest BCUT2D eigenvalue weighted by atomic mass is 16.5. The summed E-state index contributed by atoms with van der Waals surface area (Å²) < 4.78 is 10.6. The van der Waals surface area contributed by atoms with E-state index in [1.165, 1.54) is 0 Å². The summed E-state index contributed by atoms with van der Waals surface area (Å²) in [6.07, 6.45) is 0.293. The van der Waals surface area contributed by atoms with Gasteiger partial charge in [0.15, 0.2) is 11.5 Å². The highest BCUT2D eigenvalue weighted by Crippen LogP contribution is 2.35. The van der Waals surface area contributed by atoms with Gasteiger partial charge in [-0.3, -0.25) is 0 Å². The van der Waals surface area contributed by atoms with Gasteiger partial charge in [-0.15, -0.1) is 0 Å². The van der Waals surface area contributed by atoms with Crippen LogP contribution in [0.4, 0.5) is 0 Å². The molecule has 0 aliphatic heterocycles. The Balaban J connectivity index is 2.56. The molecule has 0 N–H and O–H groups in total. The van der Waals surface area contributed by atoms with Crippen LogP contribution in [0.5, 0.6) is 11.5 Å². The van der Waals surface area contributed by atoms with Crippen LogP contribution in [0.2, 0.25) is 0 Å². The Morgan fingerprint density at radius 1 is 1.10 bits per heavy atom. The molecule has 21 heavy (non-hydrogen) atoms. The number of benzene rings is 2. The summed E-state index contributed by atoms with van der Waals surface area (Å²) in [5.74, 6) is 1.25. The highest BCUT2D eigenvalue weighted by molar-refractivity contribution is 5.81. The Hall–Kier alpha value is -2.73. The van der Waals surface area contributed by atoms with Gasteiger partial charge in [0.05, 0.1) is 26.7 Å². The summed E-state index contributed by atoms with van der Waals surface area (Å²) in [4.78, 5) is 0. The average Bonchev–Trinajstić information content (AvgIpc) is 2.54. The van der Waals surface area contributed by atoms with Crippen molar-refractivity contribution in [1.82, 2.24) is 0 Å². The molecule has 0 saturated carbocycles. The lowest BCUT2D eigenvalue weighted by Gasteiger charge is -2.15. The zero-order valence-corrected chi connectivity index (χ0v) is 12.2. The lowest BCUT2D eigenvalue weighted by atomic mass is 9.93. The summed E-state index contributed by atoms with van der Waals surface area (Å²) in [5.41, 5.74) is 3.66. The highest BCUT2D eigenvalue weighted by Gasteiger charge is 2.14. The van der Waals surface area contributed by atoms with E-state index in [-0.39, 0.29) is 0 Å². The first-order valence-corrected chi connectivity index (χ1v) is 6.57. The van der Waals surface area contributed by atoms with Gasteiger partial charge in [-0.05, 0) is 34.4 Å². The molecule has 0 unspecified atom stereocenters. The first kappa shape index (κ1) is 14.7. The van der Waals surface area contributed by atoms with Crippen LogP contribution in [0, 0.1) is 11.3 Å². The summed E-state index contributed by atoms with van der Waals surface area (Å²) >= 11 is 0. The second-order valence-electron chi connectivity index (χ2n) is 4.54. The quantitative estimate of drug-likeness (QED) is 0.835. The maximum Gasteiger partial charge on any atom is 0.161 e. The Kier molecular flexibility index (Phi) is 4.63. The first-order chi connectivity index (χ1) is 10.2. The zero-order chi connectivity index (χ0) is 15.2. The predicted molar refractivity (Wildman–Crippen MR) is 83.4 cm³/mol. The molecule has 0 aliphatic carbocycles. The molecule has 3 nitrogen and oxygen atoms in total. The average molecular weight is 279 g/mol. The van der Waals surface area contributed by atoms with E-state index >= 15 is 0 Å². The van der Waals surface area contributed by atoms with Gasteiger partial charge >= 0.3 is 0 Å². The maximum atomic E-state index is 9.03. The van der Waals surface area contributed by atoms with E-state index in [0.29, 0.717) is 17.9 Å². The molecule has 2 rings (SSSR count). The number of nitriles is 1. The van der Waals surface area contributed by atoms with Crippen molar-refractivity contribution >= 4 is 5.57 Å². The van der Waals surface area contributed by atoms with Gasteiger partial charge in [-0.1, -0.05) is 36.9 Å².